The molecule has 0 aromatic carbocycles. The predicted octanol–water partition coefficient (Wildman–Crippen LogP) is 4.17. The van der Waals surface area contributed by atoms with Gasteiger partial charge in [0.25, 0.3) is 5.91 Å². The first-order chi connectivity index (χ1) is 11.9. The van der Waals surface area contributed by atoms with Crippen molar-refractivity contribution in [1.82, 2.24) is 10.3 Å². The molecule has 4 nitrogen and oxygen atoms in total. The van der Waals surface area contributed by atoms with E-state index in [0.717, 1.165) is 42.0 Å². The van der Waals surface area contributed by atoms with Crippen LogP contribution in [0.2, 0.25) is 0 Å². The SMILES string of the molecule is CC(=O)c1c(C)[nH]c(C(=O)NCCC23CC4CC(CC(C4)C2)C3)c1C. The predicted molar refractivity (Wildman–Crippen MR) is 97.8 cm³/mol. The first kappa shape index (κ1) is 16.9. The molecule has 1 aromatic rings. The number of ketones is 1. The number of amides is 1. The van der Waals surface area contributed by atoms with Crippen molar-refractivity contribution in [1.29, 1.82) is 0 Å². The number of hydrogen-bond acceptors (Lipinski definition) is 2. The van der Waals surface area contributed by atoms with Gasteiger partial charge in [-0.15, -0.1) is 0 Å². The summed E-state index contributed by atoms with van der Waals surface area (Å²) in [5, 5.41) is 3.11. The van der Waals surface area contributed by atoms with Gasteiger partial charge in [-0.2, -0.15) is 0 Å². The van der Waals surface area contributed by atoms with Crippen molar-refractivity contribution in [2.75, 3.05) is 6.54 Å². The van der Waals surface area contributed by atoms with E-state index in [0.29, 0.717) is 16.7 Å². The standard InChI is InChI=1S/C21H30N2O2/c1-12-18(14(3)24)13(2)23-19(12)20(25)22-5-4-21-9-15-6-16(10-21)8-17(7-15)11-21/h15-17,23H,4-11H2,1-3H3,(H,22,25). The lowest BCUT2D eigenvalue weighted by Crippen LogP contribution is -2.47. The van der Waals surface area contributed by atoms with Crippen LogP contribution in [0.25, 0.3) is 0 Å². The summed E-state index contributed by atoms with van der Waals surface area (Å²) in [5.41, 5.74) is 3.26. The summed E-state index contributed by atoms with van der Waals surface area (Å²) in [5.74, 6) is 2.80. The Hall–Kier alpha value is -1.58. The number of carbonyl (C=O) groups excluding carboxylic acids is 2. The van der Waals surface area contributed by atoms with Crippen LogP contribution >= 0.6 is 0 Å². The maximum absolute atomic E-state index is 12.6. The fourth-order valence-corrected chi connectivity index (χ4v) is 6.63. The molecule has 1 heterocycles. The average Bonchev–Trinajstić information content (AvgIpc) is 2.80. The zero-order chi connectivity index (χ0) is 17.8. The van der Waals surface area contributed by atoms with Gasteiger partial charge in [0.15, 0.2) is 5.78 Å². The molecule has 0 aliphatic heterocycles. The van der Waals surface area contributed by atoms with E-state index < -0.39 is 0 Å². The third-order valence-corrected chi connectivity index (χ3v) is 7.12. The van der Waals surface area contributed by atoms with Crippen molar-refractivity contribution in [3.05, 3.63) is 22.5 Å². The molecule has 4 aliphatic rings. The van der Waals surface area contributed by atoms with Gasteiger partial charge in [0, 0.05) is 17.8 Å². The van der Waals surface area contributed by atoms with Crippen LogP contribution in [-0.2, 0) is 0 Å². The molecule has 4 bridgehead atoms. The van der Waals surface area contributed by atoms with Gasteiger partial charge in [-0.05, 0) is 94.4 Å². The molecule has 4 heteroatoms. The molecular formula is C21H30N2O2. The van der Waals surface area contributed by atoms with Gasteiger partial charge >= 0.3 is 0 Å². The Morgan fingerprint density at radius 2 is 1.64 bits per heavy atom. The van der Waals surface area contributed by atoms with E-state index in [1.165, 1.54) is 38.5 Å². The highest BCUT2D eigenvalue weighted by molar-refractivity contribution is 6.02. The molecule has 0 spiro atoms. The normalized spacial score (nSPS) is 32.8. The van der Waals surface area contributed by atoms with E-state index in [2.05, 4.69) is 10.3 Å². The minimum absolute atomic E-state index is 0.0128. The van der Waals surface area contributed by atoms with Crippen LogP contribution in [0.5, 0.6) is 0 Å². The Labute approximate surface area is 150 Å². The number of aryl methyl sites for hydroxylation is 1. The van der Waals surface area contributed by atoms with Gasteiger partial charge in [-0.25, -0.2) is 0 Å². The largest absolute Gasteiger partial charge is 0.354 e. The summed E-state index contributed by atoms with van der Waals surface area (Å²) in [7, 11) is 0. The summed E-state index contributed by atoms with van der Waals surface area (Å²) in [6, 6.07) is 0. The van der Waals surface area contributed by atoms with Crippen molar-refractivity contribution in [2.45, 2.75) is 65.7 Å². The van der Waals surface area contributed by atoms with Gasteiger partial charge in [-0.3, -0.25) is 9.59 Å². The quantitative estimate of drug-likeness (QED) is 0.789. The molecule has 5 rings (SSSR count). The molecule has 4 aliphatic carbocycles. The molecule has 4 fully saturated rings. The molecule has 1 aromatic heterocycles. The van der Waals surface area contributed by atoms with E-state index in [4.69, 9.17) is 0 Å². The zero-order valence-electron chi connectivity index (χ0n) is 15.7. The summed E-state index contributed by atoms with van der Waals surface area (Å²) in [6.45, 7) is 6.01. The van der Waals surface area contributed by atoms with Crippen molar-refractivity contribution < 1.29 is 9.59 Å². The van der Waals surface area contributed by atoms with Crippen LogP contribution in [0, 0.1) is 37.0 Å². The van der Waals surface area contributed by atoms with E-state index in [1.807, 2.05) is 13.8 Å². The first-order valence-electron chi connectivity index (χ1n) is 9.85. The fourth-order valence-electron chi connectivity index (χ4n) is 6.63. The first-order valence-corrected chi connectivity index (χ1v) is 9.85. The molecule has 136 valence electrons. The second-order valence-corrected chi connectivity index (χ2v) is 9.10. The number of H-pyrrole nitrogens is 1. The van der Waals surface area contributed by atoms with Gasteiger partial charge in [0.2, 0.25) is 0 Å². The summed E-state index contributed by atoms with van der Waals surface area (Å²) in [6.07, 6.45) is 9.62. The molecule has 0 unspecified atom stereocenters. The van der Waals surface area contributed by atoms with Crippen LogP contribution in [-0.4, -0.2) is 23.2 Å². The van der Waals surface area contributed by atoms with Gasteiger partial charge in [0.1, 0.15) is 5.69 Å². The Kier molecular flexibility index (Phi) is 4.04. The van der Waals surface area contributed by atoms with Gasteiger partial charge in [0.05, 0.1) is 0 Å². The van der Waals surface area contributed by atoms with Crippen LogP contribution < -0.4 is 5.32 Å². The van der Waals surface area contributed by atoms with Crippen molar-refractivity contribution in [3.63, 3.8) is 0 Å². The second kappa shape index (κ2) is 6.00. The van der Waals surface area contributed by atoms with E-state index in [9.17, 15) is 9.59 Å². The monoisotopic (exact) mass is 342 g/mol. The minimum Gasteiger partial charge on any atom is -0.354 e. The van der Waals surface area contributed by atoms with Crippen LogP contribution in [0.3, 0.4) is 0 Å². The highest BCUT2D eigenvalue weighted by Crippen LogP contribution is 2.61. The third kappa shape index (κ3) is 2.94. The number of carbonyl (C=O) groups is 2. The number of aromatic amines is 1. The van der Waals surface area contributed by atoms with Crippen LogP contribution in [0.1, 0.15) is 84.0 Å². The molecule has 0 saturated heterocycles. The summed E-state index contributed by atoms with van der Waals surface area (Å²) < 4.78 is 0. The van der Waals surface area contributed by atoms with E-state index in [-0.39, 0.29) is 11.7 Å². The number of nitrogens with one attached hydrogen (secondary N) is 2. The number of aromatic nitrogens is 1. The topological polar surface area (TPSA) is 62.0 Å². The fraction of sp³-hybridized carbons (Fsp3) is 0.714. The Balaban J connectivity index is 1.39. The minimum atomic E-state index is -0.0715. The highest BCUT2D eigenvalue weighted by atomic mass is 16.2. The number of hydrogen-bond donors (Lipinski definition) is 2. The second-order valence-electron chi connectivity index (χ2n) is 9.10. The summed E-state index contributed by atoms with van der Waals surface area (Å²) in [4.78, 5) is 27.4. The number of Topliss-reactive ketones (excluding diaryl/α,β-unsaturated/α-hetero) is 1. The maximum atomic E-state index is 12.6. The van der Waals surface area contributed by atoms with Crippen molar-refractivity contribution in [2.24, 2.45) is 23.2 Å². The zero-order valence-corrected chi connectivity index (χ0v) is 15.7. The number of rotatable bonds is 5. The van der Waals surface area contributed by atoms with Crippen molar-refractivity contribution in [3.8, 4) is 0 Å². The van der Waals surface area contributed by atoms with Gasteiger partial charge in [-0.1, -0.05) is 0 Å². The molecule has 25 heavy (non-hydrogen) atoms. The van der Waals surface area contributed by atoms with Crippen LogP contribution in [0.4, 0.5) is 0 Å². The smallest absolute Gasteiger partial charge is 0.268 e. The molecule has 0 atom stereocenters. The van der Waals surface area contributed by atoms with Crippen LogP contribution in [0.15, 0.2) is 0 Å². The van der Waals surface area contributed by atoms with Gasteiger partial charge < -0.3 is 10.3 Å². The molecular weight excluding hydrogens is 312 g/mol. The maximum Gasteiger partial charge on any atom is 0.268 e. The van der Waals surface area contributed by atoms with E-state index in [1.54, 1.807) is 6.92 Å². The average molecular weight is 342 g/mol. The lowest BCUT2D eigenvalue weighted by Gasteiger charge is -2.57. The molecule has 0 radical (unpaired) electrons. The highest BCUT2D eigenvalue weighted by Gasteiger charge is 2.50. The molecule has 4 saturated carbocycles. The van der Waals surface area contributed by atoms with E-state index >= 15 is 0 Å². The summed E-state index contributed by atoms with van der Waals surface area (Å²) >= 11 is 0. The molecule has 1 amide bonds. The lowest BCUT2D eigenvalue weighted by atomic mass is 9.49. The Bertz CT molecular complexity index is 680. The molecule has 2 N–H and O–H groups in total. The van der Waals surface area contributed by atoms with Crippen molar-refractivity contribution >= 4 is 11.7 Å². The Morgan fingerprint density at radius 1 is 1.08 bits per heavy atom. The third-order valence-electron chi connectivity index (χ3n) is 7.12. The Morgan fingerprint density at radius 3 is 2.12 bits per heavy atom. The lowest BCUT2D eigenvalue weighted by molar-refractivity contribution is -0.0564.